The van der Waals surface area contributed by atoms with E-state index in [9.17, 15) is 13.2 Å². The number of anilines is 1. The van der Waals surface area contributed by atoms with Crippen LogP contribution in [-0.2, 0) is 16.6 Å². The van der Waals surface area contributed by atoms with E-state index >= 15 is 0 Å². The lowest BCUT2D eigenvalue weighted by atomic mass is 10.2. The molecule has 0 saturated heterocycles. The fourth-order valence-electron chi connectivity index (χ4n) is 2.80. The summed E-state index contributed by atoms with van der Waals surface area (Å²) in [5.74, 6) is 1.58. The average Bonchev–Trinajstić information content (AvgIpc) is 3.55. The standard InChI is InChI=1S/C20H25N3O6S/c1-27-15-6-8-18(28-2)13(10-15)12-21-20(24)22-17-11-16(7-9-19(17)29-3)30(25,26)23-14-4-5-14/h6-11,14,23H,4-5,12H2,1-3H3,(H2,21,22,24). The molecule has 0 atom stereocenters. The molecule has 2 amide bonds. The van der Waals surface area contributed by atoms with Gasteiger partial charge in [-0.2, -0.15) is 0 Å². The van der Waals surface area contributed by atoms with E-state index < -0.39 is 16.1 Å². The van der Waals surface area contributed by atoms with Crippen molar-refractivity contribution in [3.8, 4) is 17.2 Å². The maximum absolute atomic E-state index is 12.5. The van der Waals surface area contributed by atoms with Crippen LogP contribution in [0.2, 0.25) is 0 Å². The van der Waals surface area contributed by atoms with E-state index in [-0.39, 0.29) is 23.2 Å². The van der Waals surface area contributed by atoms with Gasteiger partial charge in [0.2, 0.25) is 10.0 Å². The van der Waals surface area contributed by atoms with Crippen molar-refractivity contribution in [2.45, 2.75) is 30.3 Å². The highest BCUT2D eigenvalue weighted by molar-refractivity contribution is 7.89. The molecule has 0 aromatic heterocycles. The van der Waals surface area contributed by atoms with E-state index in [4.69, 9.17) is 14.2 Å². The van der Waals surface area contributed by atoms with Gasteiger partial charge >= 0.3 is 6.03 Å². The molecule has 0 heterocycles. The van der Waals surface area contributed by atoms with Crippen LogP contribution in [0.1, 0.15) is 18.4 Å². The molecule has 0 aliphatic heterocycles. The number of ether oxygens (including phenoxy) is 3. The third-order valence-electron chi connectivity index (χ3n) is 4.56. The third-order valence-corrected chi connectivity index (χ3v) is 6.07. The molecule has 0 spiro atoms. The van der Waals surface area contributed by atoms with E-state index in [0.29, 0.717) is 17.2 Å². The summed E-state index contributed by atoms with van der Waals surface area (Å²) in [4.78, 5) is 12.5. The lowest BCUT2D eigenvalue weighted by Gasteiger charge is -2.14. The normalized spacial score (nSPS) is 13.4. The fraction of sp³-hybridized carbons (Fsp3) is 0.350. The number of hydrogen-bond donors (Lipinski definition) is 3. The van der Waals surface area contributed by atoms with Crippen LogP contribution in [0.4, 0.5) is 10.5 Å². The van der Waals surface area contributed by atoms with Crippen LogP contribution in [0, 0.1) is 0 Å². The van der Waals surface area contributed by atoms with E-state index in [1.54, 1.807) is 25.3 Å². The molecule has 3 rings (SSSR count). The molecule has 1 saturated carbocycles. The number of carbonyl (C=O) groups excluding carboxylic acids is 1. The first kappa shape index (κ1) is 21.7. The zero-order valence-electron chi connectivity index (χ0n) is 17.0. The summed E-state index contributed by atoms with van der Waals surface area (Å²) >= 11 is 0. The van der Waals surface area contributed by atoms with Gasteiger partial charge in [-0.05, 0) is 49.2 Å². The van der Waals surface area contributed by atoms with Gasteiger partial charge in [0.15, 0.2) is 0 Å². The van der Waals surface area contributed by atoms with Crippen molar-refractivity contribution in [2.75, 3.05) is 26.6 Å². The van der Waals surface area contributed by atoms with Gasteiger partial charge in [-0.1, -0.05) is 0 Å². The predicted molar refractivity (Wildman–Crippen MR) is 112 cm³/mol. The number of carbonyl (C=O) groups is 1. The molecule has 1 aliphatic carbocycles. The Bertz CT molecular complexity index is 1020. The molecule has 2 aromatic carbocycles. The number of nitrogens with one attached hydrogen (secondary N) is 3. The number of urea groups is 1. The molecule has 0 radical (unpaired) electrons. The SMILES string of the molecule is COc1ccc(OC)c(CNC(=O)Nc2cc(S(=O)(=O)NC3CC3)ccc2OC)c1. The van der Waals surface area contributed by atoms with Crippen LogP contribution >= 0.6 is 0 Å². The summed E-state index contributed by atoms with van der Waals surface area (Å²) in [6, 6.07) is 9.03. The summed E-state index contributed by atoms with van der Waals surface area (Å²) < 4.78 is 43.3. The van der Waals surface area contributed by atoms with Gasteiger partial charge in [0.05, 0.1) is 31.9 Å². The molecular weight excluding hydrogens is 410 g/mol. The van der Waals surface area contributed by atoms with E-state index in [0.717, 1.165) is 18.4 Å². The van der Waals surface area contributed by atoms with Crippen molar-refractivity contribution in [1.29, 1.82) is 0 Å². The number of hydrogen-bond acceptors (Lipinski definition) is 6. The average molecular weight is 436 g/mol. The molecule has 30 heavy (non-hydrogen) atoms. The monoisotopic (exact) mass is 435 g/mol. The topological polar surface area (TPSA) is 115 Å². The first-order valence-corrected chi connectivity index (χ1v) is 10.8. The Kier molecular flexibility index (Phi) is 6.68. The lowest BCUT2D eigenvalue weighted by Crippen LogP contribution is -2.29. The number of methoxy groups -OCH3 is 3. The number of sulfonamides is 1. The zero-order chi connectivity index (χ0) is 21.7. The molecule has 2 aromatic rings. The summed E-state index contributed by atoms with van der Waals surface area (Å²) in [7, 11) is 0.873. The van der Waals surface area contributed by atoms with Crippen molar-refractivity contribution in [3.63, 3.8) is 0 Å². The molecule has 0 unspecified atom stereocenters. The molecule has 162 valence electrons. The van der Waals surface area contributed by atoms with Crippen molar-refractivity contribution < 1.29 is 27.4 Å². The summed E-state index contributed by atoms with van der Waals surface area (Å²) in [5, 5.41) is 5.36. The van der Waals surface area contributed by atoms with Crippen LogP contribution in [0.25, 0.3) is 0 Å². The van der Waals surface area contributed by atoms with Crippen molar-refractivity contribution in [2.24, 2.45) is 0 Å². The van der Waals surface area contributed by atoms with Crippen molar-refractivity contribution in [1.82, 2.24) is 10.0 Å². The number of amides is 2. The van der Waals surface area contributed by atoms with Gasteiger partial charge in [0.1, 0.15) is 17.2 Å². The van der Waals surface area contributed by atoms with Gasteiger partial charge in [-0.25, -0.2) is 17.9 Å². The Morgan fingerprint density at radius 2 is 1.70 bits per heavy atom. The molecule has 9 nitrogen and oxygen atoms in total. The van der Waals surface area contributed by atoms with Gasteiger partial charge in [-0.3, -0.25) is 0 Å². The Balaban J connectivity index is 1.72. The summed E-state index contributed by atoms with van der Waals surface area (Å²) in [5.41, 5.74) is 0.968. The van der Waals surface area contributed by atoms with Gasteiger partial charge in [-0.15, -0.1) is 0 Å². The maximum Gasteiger partial charge on any atom is 0.319 e. The number of rotatable bonds is 9. The summed E-state index contributed by atoms with van der Waals surface area (Å²) in [6.07, 6.45) is 1.66. The lowest BCUT2D eigenvalue weighted by molar-refractivity contribution is 0.251. The highest BCUT2D eigenvalue weighted by Gasteiger charge is 2.28. The summed E-state index contributed by atoms with van der Waals surface area (Å²) in [6.45, 7) is 0.176. The fourth-order valence-corrected chi connectivity index (χ4v) is 4.13. The highest BCUT2D eigenvalue weighted by Crippen LogP contribution is 2.29. The molecule has 3 N–H and O–H groups in total. The number of benzene rings is 2. The minimum atomic E-state index is -3.66. The molecule has 1 fully saturated rings. The van der Waals surface area contributed by atoms with Gasteiger partial charge in [0, 0.05) is 18.2 Å². The van der Waals surface area contributed by atoms with Crippen LogP contribution in [-0.4, -0.2) is 41.8 Å². The first-order valence-electron chi connectivity index (χ1n) is 9.32. The molecule has 1 aliphatic rings. The quantitative estimate of drug-likeness (QED) is 0.557. The Morgan fingerprint density at radius 1 is 1.00 bits per heavy atom. The first-order chi connectivity index (χ1) is 14.4. The second-order valence-electron chi connectivity index (χ2n) is 6.74. The maximum atomic E-state index is 12.5. The Labute approximate surface area is 175 Å². The van der Waals surface area contributed by atoms with Crippen LogP contribution in [0.15, 0.2) is 41.3 Å². The van der Waals surface area contributed by atoms with Crippen LogP contribution in [0.3, 0.4) is 0 Å². The highest BCUT2D eigenvalue weighted by atomic mass is 32.2. The Morgan fingerprint density at radius 3 is 2.33 bits per heavy atom. The Hall–Kier alpha value is -2.98. The largest absolute Gasteiger partial charge is 0.497 e. The second-order valence-corrected chi connectivity index (χ2v) is 8.46. The molecule has 0 bridgehead atoms. The zero-order valence-corrected chi connectivity index (χ0v) is 17.8. The van der Waals surface area contributed by atoms with Crippen molar-refractivity contribution >= 4 is 21.7 Å². The molecule has 10 heteroatoms. The van der Waals surface area contributed by atoms with Gasteiger partial charge < -0.3 is 24.8 Å². The van der Waals surface area contributed by atoms with E-state index in [2.05, 4.69) is 15.4 Å². The predicted octanol–water partition coefficient (Wildman–Crippen LogP) is 2.47. The second kappa shape index (κ2) is 9.23. The van der Waals surface area contributed by atoms with Crippen LogP contribution in [0.5, 0.6) is 17.2 Å². The molecular formula is C20H25N3O6S. The van der Waals surface area contributed by atoms with Crippen molar-refractivity contribution in [3.05, 3.63) is 42.0 Å². The van der Waals surface area contributed by atoms with E-state index in [1.165, 1.54) is 32.4 Å². The van der Waals surface area contributed by atoms with Gasteiger partial charge in [0.25, 0.3) is 0 Å². The van der Waals surface area contributed by atoms with E-state index in [1.807, 2.05) is 0 Å². The van der Waals surface area contributed by atoms with Crippen LogP contribution < -0.4 is 29.6 Å². The third kappa shape index (κ3) is 5.33. The smallest absolute Gasteiger partial charge is 0.319 e. The minimum absolute atomic E-state index is 0.0188. The minimum Gasteiger partial charge on any atom is -0.497 e.